The number of piperidine rings is 1. The van der Waals surface area contributed by atoms with Crippen molar-refractivity contribution in [2.75, 3.05) is 18.4 Å². The Morgan fingerprint density at radius 3 is 3.00 bits per heavy atom. The number of anilines is 1. The third-order valence-corrected chi connectivity index (χ3v) is 3.67. The molecule has 0 spiro atoms. The van der Waals surface area contributed by atoms with Gasteiger partial charge in [0.05, 0.1) is 17.6 Å². The van der Waals surface area contributed by atoms with E-state index in [1.807, 2.05) is 4.90 Å². The summed E-state index contributed by atoms with van der Waals surface area (Å²) in [6.45, 7) is 1.02. The molecule has 1 aromatic carbocycles. The van der Waals surface area contributed by atoms with Crippen LogP contribution in [0.1, 0.15) is 19.3 Å². The van der Waals surface area contributed by atoms with Crippen LogP contribution in [0.15, 0.2) is 24.3 Å². The van der Waals surface area contributed by atoms with Crippen LogP contribution in [0.3, 0.4) is 0 Å². The smallest absolute Gasteiger partial charge is 0.238 e. The van der Waals surface area contributed by atoms with Gasteiger partial charge in [-0.1, -0.05) is 24.7 Å². The van der Waals surface area contributed by atoms with Crippen LogP contribution in [0.2, 0.25) is 0 Å². The van der Waals surface area contributed by atoms with Crippen LogP contribution in [0, 0.1) is 5.82 Å². The van der Waals surface area contributed by atoms with Crippen molar-refractivity contribution >= 4 is 28.8 Å². The first-order valence-corrected chi connectivity index (χ1v) is 7.06. The predicted molar refractivity (Wildman–Crippen MR) is 81.0 cm³/mol. The molecule has 0 aliphatic carbocycles. The molecule has 20 heavy (non-hydrogen) atoms. The summed E-state index contributed by atoms with van der Waals surface area (Å²) in [4.78, 5) is 14.4. The van der Waals surface area contributed by atoms with Crippen molar-refractivity contribution in [2.45, 2.75) is 25.3 Å². The highest BCUT2D eigenvalue weighted by Gasteiger charge is 2.26. The SMILES string of the molecule is NC(=S)C1CCCCN1CC(=O)Nc1cccc(F)c1. The second kappa shape index (κ2) is 6.76. The Hall–Kier alpha value is -1.53. The minimum absolute atomic E-state index is 0.0167. The number of benzene rings is 1. The largest absolute Gasteiger partial charge is 0.392 e. The normalized spacial score (nSPS) is 19.6. The summed E-state index contributed by atoms with van der Waals surface area (Å²) in [5.41, 5.74) is 6.17. The van der Waals surface area contributed by atoms with E-state index in [2.05, 4.69) is 5.32 Å². The molecule has 1 saturated heterocycles. The Morgan fingerprint density at radius 1 is 1.50 bits per heavy atom. The van der Waals surface area contributed by atoms with Crippen molar-refractivity contribution in [2.24, 2.45) is 5.73 Å². The molecule has 2 rings (SSSR count). The average Bonchev–Trinajstić information content (AvgIpc) is 2.38. The van der Waals surface area contributed by atoms with Gasteiger partial charge >= 0.3 is 0 Å². The number of carbonyl (C=O) groups is 1. The highest BCUT2D eigenvalue weighted by Crippen LogP contribution is 2.17. The number of nitrogens with one attached hydrogen (secondary N) is 1. The molecule has 1 aromatic rings. The van der Waals surface area contributed by atoms with Gasteiger partial charge in [0.2, 0.25) is 5.91 Å². The Labute approximate surface area is 123 Å². The zero-order valence-corrected chi connectivity index (χ0v) is 12.0. The third-order valence-electron chi connectivity index (χ3n) is 3.40. The fourth-order valence-electron chi connectivity index (χ4n) is 2.45. The Kier molecular flexibility index (Phi) is 5.03. The lowest BCUT2D eigenvalue weighted by Gasteiger charge is -2.34. The summed E-state index contributed by atoms with van der Waals surface area (Å²) in [5, 5.41) is 2.68. The topological polar surface area (TPSA) is 58.4 Å². The molecule has 1 aliphatic rings. The quantitative estimate of drug-likeness (QED) is 0.833. The number of rotatable bonds is 4. The molecule has 0 aromatic heterocycles. The standard InChI is InChI=1S/C14H18FN3OS/c15-10-4-3-5-11(8-10)17-13(19)9-18-7-2-1-6-12(18)14(16)20/h3-5,8,12H,1-2,6-7,9H2,(H2,16,20)(H,17,19). The monoisotopic (exact) mass is 295 g/mol. The van der Waals surface area contributed by atoms with Crippen LogP contribution >= 0.6 is 12.2 Å². The highest BCUT2D eigenvalue weighted by molar-refractivity contribution is 7.80. The van der Waals surface area contributed by atoms with Crippen LogP contribution in [0.25, 0.3) is 0 Å². The summed E-state index contributed by atoms with van der Waals surface area (Å²) in [7, 11) is 0. The molecule has 1 aliphatic heterocycles. The van der Waals surface area contributed by atoms with E-state index in [4.69, 9.17) is 18.0 Å². The van der Waals surface area contributed by atoms with Crippen molar-refractivity contribution < 1.29 is 9.18 Å². The molecular weight excluding hydrogens is 277 g/mol. The van der Waals surface area contributed by atoms with E-state index in [0.29, 0.717) is 10.7 Å². The van der Waals surface area contributed by atoms with Gasteiger partial charge in [-0.3, -0.25) is 9.69 Å². The lowest BCUT2D eigenvalue weighted by molar-refractivity contribution is -0.117. The molecule has 1 amide bonds. The van der Waals surface area contributed by atoms with Crippen molar-refractivity contribution in [1.82, 2.24) is 4.90 Å². The van der Waals surface area contributed by atoms with Gasteiger partial charge in [0, 0.05) is 5.69 Å². The van der Waals surface area contributed by atoms with Gasteiger partial charge in [0.25, 0.3) is 0 Å². The molecule has 6 heteroatoms. The number of thiocarbonyl (C=S) groups is 1. The van der Waals surface area contributed by atoms with Crippen molar-refractivity contribution in [1.29, 1.82) is 0 Å². The lowest BCUT2D eigenvalue weighted by Crippen LogP contribution is -2.49. The number of likely N-dealkylation sites (tertiary alicyclic amines) is 1. The van der Waals surface area contributed by atoms with E-state index in [9.17, 15) is 9.18 Å². The lowest BCUT2D eigenvalue weighted by atomic mass is 10.0. The van der Waals surface area contributed by atoms with Crippen LogP contribution in [-0.4, -0.2) is 34.9 Å². The van der Waals surface area contributed by atoms with E-state index in [1.165, 1.54) is 12.1 Å². The van der Waals surface area contributed by atoms with Crippen molar-refractivity contribution in [3.05, 3.63) is 30.1 Å². The fourth-order valence-corrected chi connectivity index (χ4v) is 2.72. The number of amides is 1. The molecule has 108 valence electrons. The van der Waals surface area contributed by atoms with Gasteiger partial charge in [-0.25, -0.2) is 4.39 Å². The second-order valence-corrected chi connectivity index (χ2v) is 5.41. The Bertz CT molecular complexity index is 509. The molecule has 1 fully saturated rings. The first-order chi connectivity index (χ1) is 9.56. The molecule has 3 N–H and O–H groups in total. The maximum Gasteiger partial charge on any atom is 0.238 e. The summed E-state index contributed by atoms with van der Waals surface area (Å²) in [5.74, 6) is -0.555. The highest BCUT2D eigenvalue weighted by atomic mass is 32.1. The molecule has 1 heterocycles. The van der Waals surface area contributed by atoms with Crippen LogP contribution < -0.4 is 11.1 Å². The Morgan fingerprint density at radius 2 is 2.30 bits per heavy atom. The molecule has 0 bridgehead atoms. The van der Waals surface area contributed by atoms with Crippen molar-refractivity contribution in [3.63, 3.8) is 0 Å². The average molecular weight is 295 g/mol. The van der Waals surface area contributed by atoms with Gasteiger partial charge in [0.1, 0.15) is 5.82 Å². The second-order valence-electron chi connectivity index (χ2n) is 4.94. The molecule has 1 atom stereocenters. The van der Waals surface area contributed by atoms with Gasteiger partial charge in [-0.15, -0.1) is 0 Å². The summed E-state index contributed by atoms with van der Waals surface area (Å²) < 4.78 is 13.0. The predicted octanol–water partition coefficient (Wildman–Crippen LogP) is 1.90. The first-order valence-electron chi connectivity index (χ1n) is 6.65. The molecule has 4 nitrogen and oxygen atoms in total. The number of carbonyl (C=O) groups excluding carboxylic acids is 1. The molecule has 0 radical (unpaired) electrons. The summed E-state index contributed by atoms with van der Waals surface area (Å²) in [6, 6.07) is 5.82. The summed E-state index contributed by atoms with van der Waals surface area (Å²) in [6.07, 6.45) is 3.00. The molecule has 1 unspecified atom stereocenters. The maximum absolute atomic E-state index is 13.0. The zero-order valence-electron chi connectivity index (χ0n) is 11.1. The van der Waals surface area contributed by atoms with E-state index in [-0.39, 0.29) is 24.3 Å². The number of hydrogen-bond donors (Lipinski definition) is 2. The van der Waals surface area contributed by atoms with E-state index in [0.717, 1.165) is 25.8 Å². The number of nitrogens with zero attached hydrogens (tertiary/aromatic N) is 1. The Balaban J connectivity index is 1.94. The minimum Gasteiger partial charge on any atom is -0.392 e. The minimum atomic E-state index is -0.373. The fraction of sp³-hybridized carbons (Fsp3) is 0.429. The van der Waals surface area contributed by atoms with Crippen LogP contribution in [-0.2, 0) is 4.79 Å². The number of nitrogens with two attached hydrogens (primary N) is 1. The van der Waals surface area contributed by atoms with E-state index < -0.39 is 0 Å². The number of halogens is 1. The molecule has 0 saturated carbocycles. The summed E-state index contributed by atoms with van der Waals surface area (Å²) >= 11 is 5.05. The molecular formula is C14H18FN3OS. The zero-order chi connectivity index (χ0) is 14.5. The van der Waals surface area contributed by atoms with Gasteiger partial charge in [-0.05, 0) is 37.6 Å². The van der Waals surface area contributed by atoms with Gasteiger partial charge in [0.15, 0.2) is 0 Å². The number of hydrogen-bond acceptors (Lipinski definition) is 3. The first kappa shape index (κ1) is 14.9. The van der Waals surface area contributed by atoms with Gasteiger partial charge < -0.3 is 11.1 Å². The van der Waals surface area contributed by atoms with Crippen LogP contribution in [0.4, 0.5) is 10.1 Å². The van der Waals surface area contributed by atoms with E-state index >= 15 is 0 Å². The maximum atomic E-state index is 13.0. The van der Waals surface area contributed by atoms with Gasteiger partial charge in [-0.2, -0.15) is 0 Å². The van der Waals surface area contributed by atoms with E-state index in [1.54, 1.807) is 12.1 Å². The third kappa shape index (κ3) is 3.98. The van der Waals surface area contributed by atoms with Crippen molar-refractivity contribution in [3.8, 4) is 0 Å². The van der Waals surface area contributed by atoms with Crippen LogP contribution in [0.5, 0.6) is 0 Å².